The fraction of sp³-hybridized carbons (Fsp3) is 0.300. The Morgan fingerprint density at radius 3 is 2.69 bits per heavy atom. The van der Waals surface area contributed by atoms with Gasteiger partial charge in [-0.05, 0) is 18.2 Å². The van der Waals surface area contributed by atoms with Crippen LogP contribution in [0.1, 0.15) is 28.9 Å². The molecule has 6 heteroatoms. The van der Waals surface area contributed by atoms with Gasteiger partial charge in [-0.1, -0.05) is 0 Å². The summed E-state index contributed by atoms with van der Waals surface area (Å²) in [5, 5.41) is 10.5. The Labute approximate surface area is 91.0 Å². The third kappa shape index (κ3) is 2.33. The number of halogens is 1. The highest BCUT2D eigenvalue weighted by Crippen LogP contribution is 2.19. The van der Waals surface area contributed by atoms with Gasteiger partial charge in [0.05, 0.1) is 12.7 Å². The molecular formula is C10H10FNO4. The van der Waals surface area contributed by atoms with Crippen LogP contribution in [0.2, 0.25) is 0 Å². The van der Waals surface area contributed by atoms with Crippen LogP contribution in [0.5, 0.6) is 0 Å². The molecule has 5 nitrogen and oxygen atoms in total. The van der Waals surface area contributed by atoms with Crippen LogP contribution in [0.3, 0.4) is 0 Å². The molecule has 86 valence electrons. The average molecular weight is 227 g/mol. The highest BCUT2D eigenvalue weighted by Gasteiger charge is 2.20. The number of methoxy groups -OCH3 is 1. The first-order valence-corrected chi connectivity index (χ1v) is 4.48. The van der Waals surface area contributed by atoms with E-state index in [0.717, 1.165) is 19.2 Å². The number of carbonyl (C=O) groups excluding carboxylic acids is 1. The number of hydrogen-bond acceptors (Lipinski definition) is 4. The molecule has 0 saturated heterocycles. The van der Waals surface area contributed by atoms with E-state index in [1.54, 1.807) is 0 Å². The van der Waals surface area contributed by atoms with Gasteiger partial charge in [-0.3, -0.25) is 10.1 Å². The molecule has 0 spiro atoms. The second-order valence-corrected chi connectivity index (χ2v) is 3.19. The van der Waals surface area contributed by atoms with Gasteiger partial charge in [0, 0.05) is 17.4 Å². The first-order valence-electron chi connectivity index (χ1n) is 4.48. The number of carbonyl (C=O) groups is 1. The smallest absolute Gasteiger partial charge is 0.340 e. The summed E-state index contributed by atoms with van der Waals surface area (Å²) in [4.78, 5) is 21.2. The second-order valence-electron chi connectivity index (χ2n) is 3.19. The maximum absolute atomic E-state index is 13.2. The van der Waals surface area contributed by atoms with Gasteiger partial charge in [0.2, 0.25) is 6.04 Å². The molecule has 0 unspecified atom stereocenters. The van der Waals surface area contributed by atoms with Gasteiger partial charge < -0.3 is 4.74 Å². The van der Waals surface area contributed by atoms with E-state index in [1.807, 2.05) is 0 Å². The van der Waals surface area contributed by atoms with E-state index in [2.05, 4.69) is 4.74 Å². The maximum atomic E-state index is 13.2. The van der Waals surface area contributed by atoms with Crippen molar-refractivity contribution in [3.8, 4) is 0 Å². The minimum absolute atomic E-state index is 0.256. The summed E-state index contributed by atoms with van der Waals surface area (Å²) in [6, 6.07) is 2.43. The van der Waals surface area contributed by atoms with E-state index < -0.39 is 22.8 Å². The summed E-state index contributed by atoms with van der Waals surface area (Å²) in [5.74, 6) is -1.61. The van der Waals surface area contributed by atoms with Crippen molar-refractivity contribution in [1.29, 1.82) is 0 Å². The highest BCUT2D eigenvalue weighted by molar-refractivity contribution is 5.89. The van der Waals surface area contributed by atoms with E-state index >= 15 is 0 Å². The van der Waals surface area contributed by atoms with Crippen molar-refractivity contribution >= 4 is 5.97 Å². The standard InChI is InChI=1S/C10H10FNO4/c1-6(12(14)15)7-3-4-9(11)8(5-7)10(13)16-2/h3-6H,1-2H3/t6-/m0/s1. The molecule has 0 saturated carbocycles. The first kappa shape index (κ1) is 12.1. The minimum atomic E-state index is -0.996. The molecular weight excluding hydrogens is 217 g/mol. The van der Waals surface area contributed by atoms with Crippen molar-refractivity contribution in [2.75, 3.05) is 7.11 Å². The van der Waals surface area contributed by atoms with Crippen molar-refractivity contribution < 1.29 is 18.8 Å². The van der Waals surface area contributed by atoms with E-state index in [9.17, 15) is 19.3 Å². The Morgan fingerprint density at radius 2 is 2.19 bits per heavy atom. The van der Waals surface area contributed by atoms with Gasteiger partial charge in [-0.15, -0.1) is 0 Å². The summed E-state index contributed by atoms with van der Waals surface area (Å²) in [6.07, 6.45) is 0. The van der Waals surface area contributed by atoms with Crippen LogP contribution in [0.25, 0.3) is 0 Å². The van der Waals surface area contributed by atoms with Crippen LogP contribution in [-0.4, -0.2) is 18.0 Å². The lowest BCUT2D eigenvalue weighted by Crippen LogP contribution is -2.10. The normalized spacial score (nSPS) is 11.9. The predicted molar refractivity (Wildman–Crippen MR) is 53.1 cm³/mol. The van der Waals surface area contributed by atoms with Crippen LogP contribution in [-0.2, 0) is 4.74 Å². The number of hydrogen-bond donors (Lipinski definition) is 0. The molecule has 0 aromatic heterocycles. The SMILES string of the molecule is COC(=O)c1cc([C@H](C)[N+](=O)[O-])ccc1F. The lowest BCUT2D eigenvalue weighted by molar-refractivity contribution is -0.524. The molecule has 0 heterocycles. The van der Waals surface area contributed by atoms with Crippen molar-refractivity contribution in [2.45, 2.75) is 13.0 Å². The molecule has 1 rings (SSSR count). The summed E-state index contributed by atoms with van der Waals surface area (Å²) >= 11 is 0. The number of rotatable bonds is 3. The monoisotopic (exact) mass is 227 g/mol. The summed E-state index contributed by atoms with van der Waals surface area (Å²) < 4.78 is 17.6. The lowest BCUT2D eigenvalue weighted by atomic mass is 10.1. The molecule has 0 aliphatic carbocycles. The number of nitro groups is 1. The molecule has 1 aromatic rings. The molecule has 0 aliphatic rings. The number of esters is 1. The molecule has 0 bridgehead atoms. The molecule has 0 fully saturated rings. The van der Waals surface area contributed by atoms with Gasteiger partial charge in [-0.25, -0.2) is 9.18 Å². The molecule has 0 radical (unpaired) electrons. The van der Waals surface area contributed by atoms with Gasteiger partial charge in [0.25, 0.3) is 0 Å². The van der Waals surface area contributed by atoms with E-state index in [1.165, 1.54) is 13.0 Å². The van der Waals surface area contributed by atoms with Crippen LogP contribution in [0.15, 0.2) is 18.2 Å². The fourth-order valence-corrected chi connectivity index (χ4v) is 1.19. The van der Waals surface area contributed by atoms with Crippen molar-refractivity contribution in [2.24, 2.45) is 0 Å². The Balaban J connectivity index is 3.17. The topological polar surface area (TPSA) is 69.4 Å². The van der Waals surface area contributed by atoms with E-state index in [-0.39, 0.29) is 11.1 Å². The predicted octanol–water partition coefficient (Wildman–Crippen LogP) is 1.95. The fourth-order valence-electron chi connectivity index (χ4n) is 1.19. The minimum Gasteiger partial charge on any atom is -0.465 e. The van der Waals surface area contributed by atoms with Crippen molar-refractivity contribution in [3.63, 3.8) is 0 Å². The van der Waals surface area contributed by atoms with Gasteiger partial charge in [0.1, 0.15) is 5.82 Å². The van der Waals surface area contributed by atoms with Crippen LogP contribution < -0.4 is 0 Å². The van der Waals surface area contributed by atoms with E-state index in [0.29, 0.717) is 0 Å². The van der Waals surface area contributed by atoms with Gasteiger partial charge >= 0.3 is 5.97 Å². The number of nitrogens with zero attached hydrogens (tertiary/aromatic N) is 1. The Bertz CT molecular complexity index is 433. The largest absolute Gasteiger partial charge is 0.465 e. The van der Waals surface area contributed by atoms with Crippen molar-refractivity contribution in [3.05, 3.63) is 45.3 Å². The van der Waals surface area contributed by atoms with Gasteiger partial charge in [0.15, 0.2) is 0 Å². The van der Waals surface area contributed by atoms with Crippen LogP contribution >= 0.6 is 0 Å². The molecule has 16 heavy (non-hydrogen) atoms. The Hall–Kier alpha value is -1.98. The summed E-state index contributed by atoms with van der Waals surface area (Å²) in [5.41, 5.74) is -0.0412. The zero-order valence-electron chi connectivity index (χ0n) is 8.77. The van der Waals surface area contributed by atoms with Crippen molar-refractivity contribution in [1.82, 2.24) is 0 Å². The maximum Gasteiger partial charge on any atom is 0.340 e. The molecule has 0 aliphatic heterocycles. The number of ether oxygens (including phenoxy) is 1. The average Bonchev–Trinajstić information content (AvgIpc) is 2.27. The zero-order valence-corrected chi connectivity index (χ0v) is 8.77. The van der Waals surface area contributed by atoms with Crippen LogP contribution in [0.4, 0.5) is 4.39 Å². The first-order chi connectivity index (χ1) is 7.47. The quantitative estimate of drug-likeness (QED) is 0.449. The lowest BCUT2D eigenvalue weighted by Gasteiger charge is -2.06. The number of benzene rings is 1. The summed E-state index contributed by atoms with van der Waals surface area (Å²) in [6.45, 7) is 1.36. The Kier molecular flexibility index (Phi) is 3.55. The zero-order chi connectivity index (χ0) is 12.3. The summed E-state index contributed by atoms with van der Waals surface area (Å²) in [7, 11) is 1.12. The molecule has 0 amide bonds. The highest BCUT2D eigenvalue weighted by atomic mass is 19.1. The third-order valence-corrected chi connectivity index (χ3v) is 2.19. The van der Waals surface area contributed by atoms with Crippen LogP contribution in [0, 0.1) is 15.9 Å². The van der Waals surface area contributed by atoms with E-state index in [4.69, 9.17) is 0 Å². The molecule has 1 atom stereocenters. The third-order valence-electron chi connectivity index (χ3n) is 2.19. The molecule has 0 N–H and O–H groups in total. The Morgan fingerprint density at radius 1 is 1.56 bits per heavy atom. The molecule has 1 aromatic carbocycles. The van der Waals surface area contributed by atoms with Gasteiger partial charge in [-0.2, -0.15) is 0 Å². The second kappa shape index (κ2) is 4.69.